The van der Waals surface area contributed by atoms with Crippen LogP contribution in [-0.4, -0.2) is 98.1 Å². The van der Waals surface area contributed by atoms with Gasteiger partial charge in [-0.05, 0) is 70.0 Å². The molecule has 10 nitrogen and oxygen atoms in total. The highest BCUT2D eigenvalue weighted by Crippen LogP contribution is 2.55. The fourth-order valence-corrected chi connectivity index (χ4v) is 7.96. The Morgan fingerprint density at radius 3 is 2.16 bits per heavy atom. The summed E-state index contributed by atoms with van der Waals surface area (Å²) in [5, 5.41) is 12.8. The molecule has 0 unspecified atom stereocenters. The van der Waals surface area contributed by atoms with Gasteiger partial charge >= 0.3 is 6.09 Å². The largest absolute Gasteiger partial charge is 0.489 e. The van der Waals surface area contributed by atoms with Crippen LogP contribution < -0.4 is 15.0 Å². The maximum absolute atomic E-state index is 13.4. The van der Waals surface area contributed by atoms with Crippen LogP contribution >= 0.6 is 11.6 Å². The first kappa shape index (κ1) is 36.8. The number of carbonyl (C=O) groups excluding carboxylic acids is 2. The minimum absolute atomic E-state index is 0.0992. The van der Waals surface area contributed by atoms with Crippen LogP contribution in [0.1, 0.15) is 77.2 Å². The van der Waals surface area contributed by atoms with Crippen molar-refractivity contribution in [2.24, 2.45) is 10.8 Å². The maximum atomic E-state index is 13.4. The number of hydrogen-bond acceptors (Lipinski definition) is 8. The Kier molecular flexibility index (Phi) is 11.1. The summed E-state index contributed by atoms with van der Waals surface area (Å²) >= 11 is 6.23. The number of carbonyl (C=O) groups is 2. The van der Waals surface area contributed by atoms with Gasteiger partial charge in [-0.3, -0.25) is 9.69 Å². The fraction of sp³-hybridized carbons (Fsp3) is 0.605. The number of benzene rings is 2. The average Bonchev–Trinajstić information content (AvgIpc) is 3.06. The van der Waals surface area contributed by atoms with E-state index in [2.05, 4.69) is 48.9 Å². The monoisotopic (exact) mass is 693 g/mol. The number of rotatable bonds is 9. The summed E-state index contributed by atoms with van der Waals surface area (Å²) in [5.41, 5.74) is 1.02. The Morgan fingerprint density at radius 2 is 1.59 bits per heavy atom. The second-order valence-corrected chi connectivity index (χ2v) is 16.1. The van der Waals surface area contributed by atoms with Crippen LogP contribution in [0.2, 0.25) is 5.02 Å². The van der Waals surface area contributed by atoms with Gasteiger partial charge in [-0.2, -0.15) is 5.26 Å². The number of ether oxygens (including phenoxy) is 3. The van der Waals surface area contributed by atoms with Gasteiger partial charge in [0, 0.05) is 80.0 Å². The summed E-state index contributed by atoms with van der Waals surface area (Å²) in [7, 11) is 0. The highest BCUT2D eigenvalue weighted by Gasteiger charge is 2.64. The number of anilines is 1. The number of amides is 2. The van der Waals surface area contributed by atoms with Gasteiger partial charge in [-0.15, -0.1) is 0 Å². The molecule has 5 rings (SSSR count). The molecule has 2 aromatic rings. The van der Waals surface area contributed by atoms with Crippen LogP contribution in [0.4, 0.5) is 10.5 Å². The molecule has 0 spiro atoms. The van der Waals surface area contributed by atoms with E-state index >= 15 is 0 Å². The van der Waals surface area contributed by atoms with E-state index in [9.17, 15) is 14.9 Å². The number of halogens is 1. The van der Waals surface area contributed by atoms with Gasteiger partial charge < -0.3 is 29.3 Å². The van der Waals surface area contributed by atoms with Gasteiger partial charge in [0.05, 0.1) is 23.3 Å². The van der Waals surface area contributed by atoms with Crippen LogP contribution in [0.3, 0.4) is 0 Å². The van der Waals surface area contributed by atoms with E-state index in [1.807, 2.05) is 45.0 Å². The maximum Gasteiger partial charge on any atom is 0.410 e. The molecule has 1 N–H and O–H groups in total. The van der Waals surface area contributed by atoms with Gasteiger partial charge in [0.2, 0.25) is 0 Å². The van der Waals surface area contributed by atoms with E-state index in [0.29, 0.717) is 41.6 Å². The molecule has 2 saturated heterocycles. The van der Waals surface area contributed by atoms with E-state index in [1.54, 1.807) is 23.1 Å². The molecule has 2 heterocycles. The third-order valence-electron chi connectivity index (χ3n) is 10.2. The van der Waals surface area contributed by atoms with E-state index in [1.165, 1.54) is 0 Å². The molecule has 1 saturated carbocycles. The van der Waals surface area contributed by atoms with E-state index in [0.717, 1.165) is 51.3 Å². The van der Waals surface area contributed by atoms with Gasteiger partial charge in [0.25, 0.3) is 5.91 Å². The topological polar surface area (TPSA) is 107 Å². The molecule has 1 aliphatic carbocycles. The zero-order chi connectivity index (χ0) is 35.6. The molecule has 266 valence electrons. The number of nitrogens with zero attached hydrogens (tertiary/aromatic N) is 4. The third kappa shape index (κ3) is 8.62. The Morgan fingerprint density at radius 1 is 0.959 bits per heavy atom. The van der Waals surface area contributed by atoms with Crippen molar-refractivity contribution >= 4 is 29.3 Å². The first-order valence-corrected chi connectivity index (χ1v) is 17.8. The van der Waals surface area contributed by atoms with Crippen molar-refractivity contribution in [2.75, 3.05) is 57.3 Å². The van der Waals surface area contributed by atoms with Crippen molar-refractivity contribution in [3.8, 4) is 11.8 Å². The number of piperazine rings is 1. The minimum atomic E-state index is -0.479. The smallest absolute Gasteiger partial charge is 0.410 e. The average molecular weight is 694 g/mol. The van der Waals surface area contributed by atoms with Crippen LogP contribution in [0.15, 0.2) is 42.5 Å². The number of piperidine rings is 1. The lowest BCUT2D eigenvalue weighted by atomic mass is 9.49. The van der Waals surface area contributed by atoms with Crippen molar-refractivity contribution in [1.82, 2.24) is 15.1 Å². The second-order valence-electron chi connectivity index (χ2n) is 15.7. The third-order valence-corrected chi connectivity index (χ3v) is 10.5. The van der Waals surface area contributed by atoms with E-state index in [4.69, 9.17) is 25.8 Å². The second kappa shape index (κ2) is 14.8. The molecule has 0 atom stereocenters. The van der Waals surface area contributed by atoms with Gasteiger partial charge in [-0.25, -0.2) is 4.79 Å². The molecule has 3 aliphatic rings. The molecular weight excluding hydrogens is 642 g/mol. The normalized spacial score (nSPS) is 22.5. The number of nitriles is 1. The lowest BCUT2D eigenvalue weighted by Gasteiger charge is -2.63. The van der Waals surface area contributed by atoms with Crippen molar-refractivity contribution in [1.29, 1.82) is 5.26 Å². The molecule has 0 radical (unpaired) electrons. The van der Waals surface area contributed by atoms with Crippen molar-refractivity contribution in [2.45, 2.75) is 85.2 Å². The van der Waals surface area contributed by atoms with Crippen LogP contribution in [0, 0.1) is 22.2 Å². The molecule has 2 aliphatic heterocycles. The Hall–Kier alpha value is -3.52. The zero-order valence-electron chi connectivity index (χ0n) is 30.1. The first-order valence-electron chi connectivity index (χ1n) is 17.4. The Balaban J connectivity index is 1.03. The lowest BCUT2D eigenvalue weighted by Crippen LogP contribution is -2.74. The summed E-state index contributed by atoms with van der Waals surface area (Å²) in [6.45, 7) is 20.7. The number of hydrogen-bond donors (Lipinski definition) is 1. The summed E-state index contributed by atoms with van der Waals surface area (Å²) in [6, 6.07) is 15.0. The summed E-state index contributed by atoms with van der Waals surface area (Å²) in [6.07, 6.45) is 1.45. The molecular formula is C38H52ClN5O5. The van der Waals surface area contributed by atoms with Crippen LogP contribution in [-0.2, 0) is 9.47 Å². The van der Waals surface area contributed by atoms with Gasteiger partial charge in [-0.1, -0.05) is 39.3 Å². The summed E-state index contributed by atoms with van der Waals surface area (Å²) in [5.74, 6) is 0.511. The Labute approximate surface area is 296 Å². The van der Waals surface area contributed by atoms with Crippen LogP contribution in [0.5, 0.6) is 5.75 Å². The predicted molar refractivity (Wildman–Crippen MR) is 191 cm³/mol. The SMILES string of the molecule is CC(C)(C)OC(=O)N1CCC(OCCN2CCN(c3ccc(C(=O)NC4C(C)(C)C(Oc5ccc(C#N)c(Cl)c5)C4(C)C)cc3)CC2)CC1. The van der Waals surface area contributed by atoms with Crippen molar-refractivity contribution in [3.63, 3.8) is 0 Å². The highest BCUT2D eigenvalue weighted by molar-refractivity contribution is 6.31. The molecule has 0 aromatic heterocycles. The quantitative estimate of drug-likeness (QED) is 0.323. The number of likely N-dealkylation sites (tertiary alicyclic amines) is 1. The molecule has 2 amide bonds. The summed E-state index contributed by atoms with van der Waals surface area (Å²) in [4.78, 5) is 32.3. The molecule has 0 bridgehead atoms. The zero-order valence-corrected chi connectivity index (χ0v) is 30.8. The highest BCUT2D eigenvalue weighted by atomic mass is 35.5. The van der Waals surface area contributed by atoms with Crippen molar-refractivity contribution in [3.05, 3.63) is 58.6 Å². The predicted octanol–water partition coefficient (Wildman–Crippen LogP) is 6.36. The molecule has 2 aromatic carbocycles. The number of nitrogens with one attached hydrogen (secondary N) is 1. The summed E-state index contributed by atoms with van der Waals surface area (Å²) < 4.78 is 18.0. The lowest BCUT2D eigenvalue weighted by molar-refractivity contribution is -0.164. The molecule has 49 heavy (non-hydrogen) atoms. The van der Waals surface area contributed by atoms with Gasteiger partial charge in [0.15, 0.2) is 0 Å². The minimum Gasteiger partial charge on any atom is -0.489 e. The molecule has 3 fully saturated rings. The van der Waals surface area contributed by atoms with E-state index < -0.39 is 5.60 Å². The van der Waals surface area contributed by atoms with Gasteiger partial charge in [0.1, 0.15) is 23.5 Å². The standard InChI is InChI=1S/C38H52ClN5O5/c1-36(2,3)49-35(46)44-16-14-29(15-17-44)47-23-22-42-18-20-43(21-19-42)28-11-8-26(9-12-28)32(45)41-33-37(4,5)34(38(33,6)7)48-30-13-10-27(25-40)31(39)24-30/h8-13,24,29,33-34H,14-23H2,1-7H3,(H,41,45). The van der Waals surface area contributed by atoms with Crippen LogP contribution in [0.25, 0.3) is 0 Å². The first-order chi connectivity index (χ1) is 23.1. The van der Waals surface area contributed by atoms with Crippen molar-refractivity contribution < 1.29 is 23.8 Å². The Bertz CT molecular complexity index is 1500. The fourth-order valence-electron chi connectivity index (χ4n) is 7.74. The van der Waals surface area contributed by atoms with E-state index in [-0.39, 0.29) is 41.1 Å². The molecule has 11 heteroatoms.